The molecule has 1 rings (SSSR count). The molecule has 1 aliphatic heterocycles. The van der Waals surface area contributed by atoms with Crippen LogP contribution in [0.5, 0.6) is 0 Å². The van der Waals surface area contributed by atoms with Crippen LogP contribution in [-0.4, -0.2) is 37.0 Å². The topological polar surface area (TPSA) is 32.3 Å². The van der Waals surface area contributed by atoms with Gasteiger partial charge in [-0.15, -0.1) is 0 Å². The number of hydrogen-bond acceptors (Lipinski definition) is 2. The summed E-state index contributed by atoms with van der Waals surface area (Å²) in [6.07, 6.45) is 4.35. The molecular weight excluding hydrogens is 188 g/mol. The summed E-state index contributed by atoms with van der Waals surface area (Å²) in [7, 11) is 0. The third kappa shape index (κ3) is 4.20. The lowest BCUT2D eigenvalue weighted by atomic mass is 9.95. The van der Waals surface area contributed by atoms with Gasteiger partial charge in [-0.1, -0.05) is 20.3 Å². The molecule has 1 atom stereocenters. The van der Waals surface area contributed by atoms with Crippen molar-refractivity contribution >= 4 is 5.91 Å². The highest BCUT2D eigenvalue weighted by atomic mass is 16.2. The summed E-state index contributed by atoms with van der Waals surface area (Å²) < 4.78 is 0. The molecule has 1 heterocycles. The van der Waals surface area contributed by atoms with E-state index in [1.807, 2.05) is 0 Å². The van der Waals surface area contributed by atoms with Gasteiger partial charge in [0.1, 0.15) is 0 Å². The van der Waals surface area contributed by atoms with Crippen LogP contribution in [0.3, 0.4) is 0 Å². The average Bonchev–Trinajstić information content (AvgIpc) is 2.29. The van der Waals surface area contributed by atoms with E-state index in [1.165, 1.54) is 19.3 Å². The van der Waals surface area contributed by atoms with E-state index in [9.17, 15) is 4.79 Å². The smallest absolute Gasteiger partial charge is 0.223 e. The first-order valence-electron chi connectivity index (χ1n) is 6.26. The van der Waals surface area contributed by atoms with Crippen LogP contribution in [-0.2, 0) is 4.79 Å². The molecule has 1 saturated heterocycles. The van der Waals surface area contributed by atoms with E-state index in [-0.39, 0.29) is 0 Å². The predicted molar refractivity (Wildman–Crippen MR) is 62.8 cm³/mol. The van der Waals surface area contributed by atoms with Crippen LogP contribution in [0.15, 0.2) is 0 Å². The zero-order valence-electron chi connectivity index (χ0n) is 10.1. The lowest BCUT2D eigenvalue weighted by Crippen LogP contribution is -2.40. The number of carbonyl (C=O) groups is 1. The summed E-state index contributed by atoms with van der Waals surface area (Å²) >= 11 is 0. The van der Waals surface area contributed by atoms with E-state index in [1.54, 1.807) is 0 Å². The number of rotatable bonds is 5. The first-order chi connectivity index (χ1) is 7.27. The monoisotopic (exact) mass is 212 g/mol. The molecule has 0 aliphatic carbocycles. The Hall–Kier alpha value is -0.570. The zero-order valence-corrected chi connectivity index (χ0v) is 10.1. The van der Waals surface area contributed by atoms with E-state index < -0.39 is 0 Å². The molecule has 1 unspecified atom stereocenters. The molecule has 1 amide bonds. The van der Waals surface area contributed by atoms with Gasteiger partial charge >= 0.3 is 0 Å². The van der Waals surface area contributed by atoms with E-state index in [0.717, 1.165) is 32.1 Å². The van der Waals surface area contributed by atoms with E-state index in [4.69, 9.17) is 0 Å². The van der Waals surface area contributed by atoms with Crippen molar-refractivity contribution in [3.8, 4) is 0 Å². The molecular formula is C12H24N2O. The number of nitrogens with zero attached hydrogens (tertiary/aromatic N) is 1. The fourth-order valence-electron chi connectivity index (χ4n) is 2.16. The molecule has 0 bridgehead atoms. The first kappa shape index (κ1) is 12.5. The number of hydrogen-bond donors (Lipinski definition) is 1. The highest BCUT2D eigenvalue weighted by Gasteiger charge is 2.21. The van der Waals surface area contributed by atoms with Crippen LogP contribution in [0, 0.1) is 5.92 Å². The van der Waals surface area contributed by atoms with Crippen LogP contribution >= 0.6 is 0 Å². The maximum Gasteiger partial charge on any atom is 0.223 e. The zero-order chi connectivity index (χ0) is 11.1. The normalized spacial score (nSPS) is 21.7. The molecule has 1 aliphatic rings. The second-order valence-electron chi connectivity index (χ2n) is 4.36. The van der Waals surface area contributed by atoms with Crippen molar-refractivity contribution in [3.05, 3.63) is 0 Å². The molecule has 0 radical (unpaired) electrons. The van der Waals surface area contributed by atoms with Crippen LogP contribution in [0.4, 0.5) is 0 Å². The molecule has 15 heavy (non-hydrogen) atoms. The van der Waals surface area contributed by atoms with Gasteiger partial charge in [0, 0.05) is 26.1 Å². The third-order valence-corrected chi connectivity index (χ3v) is 3.21. The summed E-state index contributed by atoms with van der Waals surface area (Å²) in [6.45, 7) is 8.02. The van der Waals surface area contributed by atoms with E-state index in [2.05, 4.69) is 24.1 Å². The molecule has 3 heteroatoms. The quantitative estimate of drug-likeness (QED) is 0.703. The summed E-state index contributed by atoms with van der Waals surface area (Å²) in [5, 5.41) is 3.20. The van der Waals surface area contributed by atoms with Gasteiger partial charge in [0.25, 0.3) is 0 Å². The summed E-state index contributed by atoms with van der Waals surface area (Å²) in [6, 6.07) is 0. The number of nitrogens with one attached hydrogen (secondary N) is 1. The third-order valence-electron chi connectivity index (χ3n) is 3.21. The predicted octanol–water partition coefficient (Wildman–Crippen LogP) is 1.63. The maximum atomic E-state index is 11.8. The minimum Gasteiger partial charge on any atom is -0.342 e. The van der Waals surface area contributed by atoms with Gasteiger partial charge in [-0.25, -0.2) is 0 Å². The van der Waals surface area contributed by atoms with Crippen LogP contribution in [0.1, 0.15) is 39.5 Å². The molecule has 0 saturated carbocycles. The van der Waals surface area contributed by atoms with Gasteiger partial charge in [0.2, 0.25) is 5.91 Å². The Morgan fingerprint density at radius 3 is 2.93 bits per heavy atom. The van der Waals surface area contributed by atoms with Crippen molar-refractivity contribution < 1.29 is 4.79 Å². The largest absolute Gasteiger partial charge is 0.342 e. The summed E-state index contributed by atoms with van der Waals surface area (Å²) in [5.41, 5.74) is 0. The van der Waals surface area contributed by atoms with E-state index in [0.29, 0.717) is 12.3 Å². The van der Waals surface area contributed by atoms with Crippen molar-refractivity contribution in [1.82, 2.24) is 10.2 Å². The maximum absolute atomic E-state index is 11.8. The second-order valence-corrected chi connectivity index (χ2v) is 4.36. The molecule has 3 nitrogen and oxygen atoms in total. The Bertz CT molecular complexity index is 194. The first-order valence-corrected chi connectivity index (χ1v) is 6.26. The van der Waals surface area contributed by atoms with Crippen molar-refractivity contribution in [2.45, 2.75) is 39.5 Å². The van der Waals surface area contributed by atoms with Crippen molar-refractivity contribution in [3.63, 3.8) is 0 Å². The Morgan fingerprint density at radius 1 is 1.47 bits per heavy atom. The number of carbonyl (C=O) groups excluding carboxylic acids is 1. The van der Waals surface area contributed by atoms with Crippen LogP contribution in [0.2, 0.25) is 0 Å². The Morgan fingerprint density at radius 2 is 2.27 bits per heavy atom. The molecule has 0 aromatic heterocycles. The van der Waals surface area contributed by atoms with Crippen molar-refractivity contribution in [2.75, 3.05) is 26.2 Å². The molecule has 88 valence electrons. The fourth-order valence-corrected chi connectivity index (χ4v) is 2.16. The Labute approximate surface area is 93.2 Å². The number of likely N-dealkylation sites (tertiary alicyclic amines) is 1. The van der Waals surface area contributed by atoms with Gasteiger partial charge < -0.3 is 10.2 Å². The summed E-state index contributed by atoms with van der Waals surface area (Å²) in [4.78, 5) is 13.9. The van der Waals surface area contributed by atoms with Crippen LogP contribution in [0.25, 0.3) is 0 Å². The standard InChI is InChI=1S/C12H24N2O/c1-3-11-6-5-9-14(10-11)12(15)7-8-13-4-2/h11,13H,3-10H2,1-2H3. The molecule has 1 N–H and O–H groups in total. The van der Waals surface area contributed by atoms with Crippen molar-refractivity contribution in [2.24, 2.45) is 5.92 Å². The minimum atomic E-state index is 0.328. The molecule has 0 aromatic rings. The van der Waals surface area contributed by atoms with Crippen molar-refractivity contribution in [1.29, 1.82) is 0 Å². The van der Waals surface area contributed by atoms with Gasteiger partial charge in [0.05, 0.1) is 0 Å². The Balaban J connectivity index is 2.25. The van der Waals surface area contributed by atoms with Gasteiger partial charge in [-0.3, -0.25) is 4.79 Å². The second kappa shape index (κ2) is 6.83. The van der Waals surface area contributed by atoms with Gasteiger partial charge in [-0.2, -0.15) is 0 Å². The summed E-state index contributed by atoms with van der Waals surface area (Å²) in [5.74, 6) is 1.07. The lowest BCUT2D eigenvalue weighted by molar-refractivity contribution is -0.132. The van der Waals surface area contributed by atoms with E-state index >= 15 is 0 Å². The SMILES string of the molecule is CCNCCC(=O)N1CCCC(CC)C1. The van der Waals surface area contributed by atoms with Gasteiger partial charge in [-0.05, 0) is 25.3 Å². The Kier molecular flexibility index (Phi) is 5.69. The minimum absolute atomic E-state index is 0.328. The highest BCUT2D eigenvalue weighted by molar-refractivity contribution is 5.76. The fraction of sp³-hybridized carbons (Fsp3) is 0.917. The average molecular weight is 212 g/mol. The molecule has 0 aromatic carbocycles. The number of amides is 1. The van der Waals surface area contributed by atoms with Gasteiger partial charge in [0.15, 0.2) is 0 Å². The molecule has 0 spiro atoms. The lowest BCUT2D eigenvalue weighted by Gasteiger charge is -2.32. The highest BCUT2D eigenvalue weighted by Crippen LogP contribution is 2.19. The van der Waals surface area contributed by atoms with Crippen LogP contribution < -0.4 is 5.32 Å². The molecule has 1 fully saturated rings. The number of piperidine rings is 1.